The molecular formula is C18H19NO3S. The van der Waals surface area contributed by atoms with Crippen LogP contribution in [0, 0.1) is 0 Å². The minimum atomic E-state index is -3.50. The molecule has 5 heteroatoms. The van der Waals surface area contributed by atoms with Crippen LogP contribution in [0.5, 0.6) is 5.75 Å². The molecule has 4 nitrogen and oxygen atoms in total. The summed E-state index contributed by atoms with van der Waals surface area (Å²) in [7, 11) is -3.50. The van der Waals surface area contributed by atoms with Gasteiger partial charge in [-0.25, -0.2) is 8.42 Å². The maximum atomic E-state index is 12.8. The minimum Gasteiger partial charge on any atom is -0.488 e. The van der Waals surface area contributed by atoms with E-state index in [-0.39, 0.29) is 11.5 Å². The fourth-order valence-electron chi connectivity index (χ4n) is 3.56. The molecule has 2 aromatic rings. The summed E-state index contributed by atoms with van der Waals surface area (Å²) in [5, 5.41) is 3.34. The highest BCUT2D eigenvalue weighted by atomic mass is 32.2. The molecule has 2 aliphatic heterocycles. The van der Waals surface area contributed by atoms with E-state index in [9.17, 15) is 8.42 Å². The second-order valence-electron chi connectivity index (χ2n) is 6.45. The van der Waals surface area contributed by atoms with Crippen LogP contribution in [0.1, 0.15) is 18.9 Å². The Morgan fingerprint density at radius 1 is 1.13 bits per heavy atom. The maximum Gasteiger partial charge on any atom is 0.206 e. The molecule has 2 heterocycles. The molecule has 2 aromatic carbocycles. The van der Waals surface area contributed by atoms with E-state index >= 15 is 0 Å². The van der Waals surface area contributed by atoms with Crippen LogP contribution in [0.15, 0.2) is 58.3 Å². The van der Waals surface area contributed by atoms with Gasteiger partial charge in [0, 0.05) is 17.5 Å². The van der Waals surface area contributed by atoms with Gasteiger partial charge in [0.2, 0.25) is 9.84 Å². The van der Waals surface area contributed by atoms with Crippen LogP contribution >= 0.6 is 0 Å². The lowest BCUT2D eigenvalue weighted by Crippen LogP contribution is -2.49. The van der Waals surface area contributed by atoms with Crippen LogP contribution in [-0.4, -0.2) is 27.6 Å². The molecule has 2 aliphatic rings. The van der Waals surface area contributed by atoms with Gasteiger partial charge in [-0.3, -0.25) is 0 Å². The van der Waals surface area contributed by atoms with E-state index in [2.05, 4.69) is 12.2 Å². The fourth-order valence-corrected chi connectivity index (χ4v) is 4.87. The topological polar surface area (TPSA) is 55.4 Å². The predicted octanol–water partition coefficient (Wildman–Crippen LogP) is 2.53. The Bertz CT molecular complexity index is 848. The van der Waals surface area contributed by atoms with Gasteiger partial charge in [-0.1, -0.05) is 25.1 Å². The normalized spacial score (nSPS) is 26.2. The van der Waals surface area contributed by atoms with Gasteiger partial charge in [0.25, 0.3) is 0 Å². The number of fused-ring (bicyclic) bond motifs is 3. The molecule has 0 radical (unpaired) electrons. The largest absolute Gasteiger partial charge is 0.488 e. The molecule has 0 amide bonds. The predicted molar refractivity (Wildman–Crippen MR) is 87.6 cm³/mol. The van der Waals surface area contributed by atoms with E-state index in [0.29, 0.717) is 9.79 Å². The van der Waals surface area contributed by atoms with Crippen molar-refractivity contribution in [3.8, 4) is 5.75 Å². The third-order valence-electron chi connectivity index (χ3n) is 5.06. The molecule has 0 aromatic heterocycles. The molecule has 23 heavy (non-hydrogen) atoms. The number of hydrogen-bond acceptors (Lipinski definition) is 4. The molecule has 2 unspecified atom stereocenters. The molecule has 0 bridgehead atoms. The zero-order chi connectivity index (χ0) is 16.1. The lowest BCUT2D eigenvalue weighted by Gasteiger charge is -2.35. The molecule has 0 spiro atoms. The first-order valence-corrected chi connectivity index (χ1v) is 9.32. The Labute approximate surface area is 136 Å². The highest BCUT2D eigenvalue weighted by molar-refractivity contribution is 7.91. The molecule has 1 saturated heterocycles. The summed E-state index contributed by atoms with van der Waals surface area (Å²) in [6.45, 7) is 3.89. The molecule has 2 atom stereocenters. The van der Waals surface area contributed by atoms with E-state index < -0.39 is 9.84 Å². The Morgan fingerprint density at radius 2 is 1.91 bits per heavy atom. The van der Waals surface area contributed by atoms with Gasteiger partial charge in [-0.05, 0) is 43.3 Å². The quantitative estimate of drug-likeness (QED) is 0.920. The van der Waals surface area contributed by atoms with Gasteiger partial charge in [-0.15, -0.1) is 0 Å². The van der Waals surface area contributed by atoms with Crippen LogP contribution in [0.3, 0.4) is 0 Å². The molecule has 0 aliphatic carbocycles. The zero-order valence-corrected chi connectivity index (χ0v) is 13.8. The van der Waals surface area contributed by atoms with Crippen molar-refractivity contribution in [2.24, 2.45) is 0 Å². The van der Waals surface area contributed by atoms with Gasteiger partial charge in [0.05, 0.1) is 9.79 Å². The first kappa shape index (κ1) is 14.7. The molecule has 0 saturated carbocycles. The van der Waals surface area contributed by atoms with E-state index in [1.54, 1.807) is 36.4 Å². The number of benzene rings is 2. The van der Waals surface area contributed by atoms with Crippen molar-refractivity contribution < 1.29 is 13.2 Å². The molecule has 4 rings (SSSR count). The fraction of sp³-hybridized carbons (Fsp3) is 0.333. The number of sulfone groups is 1. The number of rotatable bonds is 2. The first-order valence-electron chi connectivity index (χ1n) is 7.84. The van der Waals surface area contributed by atoms with Gasteiger partial charge < -0.3 is 10.1 Å². The average Bonchev–Trinajstić information content (AvgIpc) is 2.87. The SMILES string of the molecule is CC12CCNCC1Oc1ccc(S(=O)(=O)c3ccccc3)cc12. The molecule has 1 N–H and O–H groups in total. The van der Waals surface area contributed by atoms with Gasteiger partial charge >= 0.3 is 0 Å². The third kappa shape index (κ3) is 2.18. The highest BCUT2D eigenvalue weighted by Crippen LogP contribution is 2.47. The van der Waals surface area contributed by atoms with Crippen molar-refractivity contribution >= 4 is 9.84 Å². The van der Waals surface area contributed by atoms with Gasteiger partial charge in [-0.2, -0.15) is 0 Å². The van der Waals surface area contributed by atoms with E-state index in [4.69, 9.17) is 4.74 Å². The van der Waals surface area contributed by atoms with Crippen LogP contribution in [0.25, 0.3) is 0 Å². The summed E-state index contributed by atoms with van der Waals surface area (Å²) < 4.78 is 31.7. The number of piperidine rings is 1. The molecule has 1 fully saturated rings. The Balaban J connectivity index is 1.81. The second-order valence-corrected chi connectivity index (χ2v) is 8.40. The second kappa shape index (κ2) is 5.08. The number of ether oxygens (including phenoxy) is 1. The monoisotopic (exact) mass is 329 g/mol. The highest BCUT2D eigenvalue weighted by Gasteiger charge is 2.47. The Kier molecular flexibility index (Phi) is 3.25. The summed E-state index contributed by atoms with van der Waals surface area (Å²) >= 11 is 0. The lowest BCUT2D eigenvalue weighted by molar-refractivity contribution is 0.124. The van der Waals surface area contributed by atoms with Crippen molar-refractivity contribution in [3.05, 3.63) is 54.1 Å². The summed E-state index contributed by atoms with van der Waals surface area (Å²) in [4.78, 5) is 0.664. The maximum absolute atomic E-state index is 12.8. The van der Waals surface area contributed by atoms with Crippen molar-refractivity contribution in [1.82, 2.24) is 5.32 Å². The van der Waals surface area contributed by atoms with Crippen molar-refractivity contribution in [2.45, 2.75) is 34.7 Å². The Hall–Kier alpha value is -1.85. The van der Waals surface area contributed by atoms with Crippen LogP contribution < -0.4 is 10.1 Å². The number of hydrogen-bond donors (Lipinski definition) is 1. The number of nitrogens with one attached hydrogen (secondary N) is 1. The smallest absolute Gasteiger partial charge is 0.206 e. The van der Waals surface area contributed by atoms with Crippen molar-refractivity contribution in [1.29, 1.82) is 0 Å². The zero-order valence-electron chi connectivity index (χ0n) is 13.0. The molecule has 120 valence electrons. The summed E-state index contributed by atoms with van der Waals surface area (Å²) in [6, 6.07) is 13.8. The van der Waals surface area contributed by atoms with E-state index in [0.717, 1.165) is 30.8 Å². The van der Waals surface area contributed by atoms with Gasteiger partial charge in [0.1, 0.15) is 11.9 Å². The lowest BCUT2D eigenvalue weighted by atomic mass is 9.74. The van der Waals surface area contributed by atoms with E-state index in [1.165, 1.54) is 0 Å². The first-order chi connectivity index (χ1) is 11.0. The van der Waals surface area contributed by atoms with E-state index in [1.807, 2.05) is 12.1 Å². The summed E-state index contributed by atoms with van der Waals surface area (Å²) in [5.41, 5.74) is 0.893. The standard InChI is InChI=1S/C18H19NO3S/c1-18-9-10-19-12-17(18)22-16-8-7-14(11-15(16)18)23(20,21)13-5-3-2-4-6-13/h2-8,11,17,19H,9-10,12H2,1H3. The third-order valence-corrected chi connectivity index (χ3v) is 6.83. The van der Waals surface area contributed by atoms with Gasteiger partial charge in [0.15, 0.2) is 0 Å². The average molecular weight is 329 g/mol. The summed E-state index contributed by atoms with van der Waals surface area (Å²) in [5.74, 6) is 0.813. The Morgan fingerprint density at radius 3 is 2.70 bits per heavy atom. The molecular weight excluding hydrogens is 310 g/mol. The van der Waals surface area contributed by atoms with Crippen LogP contribution in [-0.2, 0) is 15.3 Å². The van der Waals surface area contributed by atoms with Crippen molar-refractivity contribution in [3.63, 3.8) is 0 Å². The summed E-state index contributed by atoms with van der Waals surface area (Å²) in [6.07, 6.45) is 1.01. The van der Waals surface area contributed by atoms with Crippen LogP contribution in [0.4, 0.5) is 0 Å². The van der Waals surface area contributed by atoms with Crippen LogP contribution in [0.2, 0.25) is 0 Å². The van der Waals surface area contributed by atoms with Crippen molar-refractivity contribution in [2.75, 3.05) is 13.1 Å². The minimum absolute atomic E-state index is 0.0703.